The minimum Gasteiger partial charge on any atom is -0.370 e. The van der Waals surface area contributed by atoms with Gasteiger partial charge in [-0.05, 0) is 18.8 Å². The number of guanidine groups is 1. The first-order valence-electron chi connectivity index (χ1n) is 5.99. The van der Waals surface area contributed by atoms with E-state index in [0.29, 0.717) is 24.2 Å². The summed E-state index contributed by atoms with van der Waals surface area (Å²) < 4.78 is 4.87. The van der Waals surface area contributed by atoms with Gasteiger partial charge in [0.25, 0.3) is 0 Å². The van der Waals surface area contributed by atoms with Crippen molar-refractivity contribution in [3.05, 3.63) is 11.7 Å². The summed E-state index contributed by atoms with van der Waals surface area (Å²) in [6.07, 6.45) is 2.36. The Morgan fingerprint density at radius 1 is 1.53 bits per heavy atom. The third-order valence-corrected chi connectivity index (χ3v) is 3.06. The average Bonchev–Trinajstić information content (AvgIpc) is 2.73. The molecule has 0 spiro atoms. The maximum atomic E-state index is 5.94. The lowest BCUT2D eigenvalue weighted by Gasteiger charge is -2.30. The second-order valence-corrected chi connectivity index (χ2v) is 4.57. The van der Waals surface area contributed by atoms with Crippen LogP contribution < -0.4 is 5.73 Å². The van der Waals surface area contributed by atoms with Crippen LogP contribution in [0.2, 0.25) is 0 Å². The summed E-state index contributed by atoms with van der Waals surface area (Å²) in [4.78, 5) is 10.5. The minimum atomic E-state index is 0.384. The average molecular weight is 237 g/mol. The molecule has 1 fully saturated rings. The number of hydrogen-bond acceptors (Lipinski definition) is 4. The largest absolute Gasteiger partial charge is 0.370 e. The number of likely N-dealkylation sites (tertiary alicyclic amines) is 1. The Bertz CT molecular complexity index is 392. The predicted molar refractivity (Wildman–Crippen MR) is 64.3 cm³/mol. The molecule has 1 saturated heterocycles. The molecular weight excluding hydrogens is 218 g/mol. The van der Waals surface area contributed by atoms with Crippen molar-refractivity contribution in [2.45, 2.75) is 33.2 Å². The van der Waals surface area contributed by atoms with E-state index in [-0.39, 0.29) is 0 Å². The molecule has 0 amide bonds. The smallest absolute Gasteiger partial charge is 0.223 e. The van der Waals surface area contributed by atoms with Crippen molar-refractivity contribution >= 4 is 5.96 Å². The number of nitrogens with two attached hydrogens (primary N) is 1. The maximum Gasteiger partial charge on any atom is 0.223 e. The van der Waals surface area contributed by atoms with Gasteiger partial charge in [-0.1, -0.05) is 12.1 Å². The number of aliphatic imine (C=N–C) groups is 1. The second-order valence-electron chi connectivity index (χ2n) is 4.57. The molecule has 0 aliphatic carbocycles. The molecule has 0 atom stereocenters. The molecule has 6 nitrogen and oxygen atoms in total. The molecule has 0 bridgehead atoms. The first kappa shape index (κ1) is 11.9. The van der Waals surface area contributed by atoms with Gasteiger partial charge in [-0.25, -0.2) is 4.99 Å². The van der Waals surface area contributed by atoms with Crippen LogP contribution in [0.15, 0.2) is 9.52 Å². The predicted octanol–water partition coefficient (Wildman–Crippen LogP) is 0.925. The monoisotopic (exact) mass is 237 g/mol. The number of nitrogens with zero attached hydrogens (tertiary/aromatic N) is 4. The zero-order valence-electron chi connectivity index (χ0n) is 10.4. The Morgan fingerprint density at radius 3 is 2.82 bits per heavy atom. The van der Waals surface area contributed by atoms with Crippen LogP contribution in [-0.2, 0) is 6.54 Å². The zero-order valence-corrected chi connectivity index (χ0v) is 10.4. The first-order chi connectivity index (χ1) is 8.15. The zero-order chi connectivity index (χ0) is 12.3. The van der Waals surface area contributed by atoms with Crippen molar-refractivity contribution in [3.63, 3.8) is 0 Å². The summed E-state index contributed by atoms with van der Waals surface area (Å²) in [6, 6.07) is 0. The Kier molecular flexibility index (Phi) is 3.61. The van der Waals surface area contributed by atoms with Crippen LogP contribution in [0.25, 0.3) is 0 Å². The molecule has 0 radical (unpaired) electrons. The topological polar surface area (TPSA) is 80.5 Å². The summed E-state index contributed by atoms with van der Waals surface area (Å²) in [5.41, 5.74) is 5.94. The number of piperidine rings is 1. The van der Waals surface area contributed by atoms with Crippen molar-refractivity contribution in [1.29, 1.82) is 0 Å². The Labute approximate surface area is 101 Å². The van der Waals surface area contributed by atoms with Crippen molar-refractivity contribution in [2.75, 3.05) is 13.1 Å². The van der Waals surface area contributed by atoms with Crippen LogP contribution in [-0.4, -0.2) is 34.1 Å². The molecule has 1 aliphatic heterocycles. The van der Waals surface area contributed by atoms with Crippen LogP contribution in [0.5, 0.6) is 0 Å². The molecule has 2 rings (SSSR count). The van der Waals surface area contributed by atoms with E-state index < -0.39 is 0 Å². The van der Waals surface area contributed by atoms with Crippen LogP contribution in [0.4, 0.5) is 0 Å². The van der Waals surface area contributed by atoms with Gasteiger partial charge >= 0.3 is 0 Å². The number of rotatable bonds is 2. The molecule has 17 heavy (non-hydrogen) atoms. The molecule has 6 heteroatoms. The third-order valence-electron chi connectivity index (χ3n) is 3.06. The molecule has 2 N–H and O–H groups in total. The molecule has 0 aromatic carbocycles. The SMILES string of the molecule is Cc1nc(CN=C(N)N2CCC(C)CC2)no1. The molecule has 0 saturated carbocycles. The number of hydrogen-bond donors (Lipinski definition) is 1. The van der Waals surface area contributed by atoms with Gasteiger partial charge in [0.2, 0.25) is 5.89 Å². The quantitative estimate of drug-likeness (QED) is 0.611. The van der Waals surface area contributed by atoms with E-state index in [0.717, 1.165) is 19.0 Å². The Balaban J connectivity index is 1.88. The normalized spacial score (nSPS) is 18.7. The van der Waals surface area contributed by atoms with Crippen molar-refractivity contribution in [3.8, 4) is 0 Å². The van der Waals surface area contributed by atoms with E-state index in [1.807, 2.05) is 0 Å². The van der Waals surface area contributed by atoms with E-state index in [1.54, 1.807) is 6.92 Å². The van der Waals surface area contributed by atoms with Gasteiger partial charge in [-0.15, -0.1) is 0 Å². The van der Waals surface area contributed by atoms with Gasteiger partial charge in [0.05, 0.1) is 0 Å². The summed E-state index contributed by atoms with van der Waals surface area (Å²) >= 11 is 0. The summed E-state index contributed by atoms with van der Waals surface area (Å²) in [5.74, 6) is 2.51. The van der Waals surface area contributed by atoms with Crippen molar-refractivity contribution in [2.24, 2.45) is 16.6 Å². The molecule has 1 aromatic heterocycles. The van der Waals surface area contributed by atoms with E-state index in [4.69, 9.17) is 10.3 Å². The summed E-state index contributed by atoms with van der Waals surface area (Å²) in [7, 11) is 0. The van der Waals surface area contributed by atoms with E-state index in [1.165, 1.54) is 12.8 Å². The van der Waals surface area contributed by atoms with E-state index in [9.17, 15) is 0 Å². The molecule has 1 aromatic rings. The molecular formula is C11H19N5O. The third kappa shape index (κ3) is 3.18. The first-order valence-corrected chi connectivity index (χ1v) is 5.99. The highest BCUT2D eigenvalue weighted by Crippen LogP contribution is 2.15. The fourth-order valence-corrected chi connectivity index (χ4v) is 1.89. The highest BCUT2D eigenvalue weighted by molar-refractivity contribution is 5.78. The van der Waals surface area contributed by atoms with Crippen molar-refractivity contribution in [1.82, 2.24) is 15.0 Å². The lowest BCUT2D eigenvalue weighted by Crippen LogP contribution is -2.42. The Hall–Kier alpha value is -1.59. The van der Waals surface area contributed by atoms with Gasteiger partial charge in [-0.3, -0.25) is 0 Å². The highest BCUT2D eigenvalue weighted by atomic mass is 16.5. The van der Waals surface area contributed by atoms with Gasteiger partial charge in [0.1, 0.15) is 6.54 Å². The van der Waals surface area contributed by atoms with Crippen LogP contribution >= 0.6 is 0 Å². The number of aryl methyl sites for hydroxylation is 1. The lowest BCUT2D eigenvalue weighted by molar-refractivity contribution is 0.277. The fourth-order valence-electron chi connectivity index (χ4n) is 1.89. The van der Waals surface area contributed by atoms with Crippen LogP contribution in [0.1, 0.15) is 31.5 Å². The molecule has 0 unspecified atom stereocenters. The molecule has 94 valence electrons. The van der Waals surface area contributed by atoms with Crippen LogP contribution in [0, 0.1) is 12.8 Å². The number of aromatic nitrogens is 2. The fraction of sp³-hybridized carbons (Fsp3) is 0.727. The van der Waals surface area contributed by atoms with E-state index in [2.05, 4.69) is 27.0 Å². The van der Waals surface area contributed by atoms with Crippen LogP contribution in [0.3, 0.4) is 0 Å². The second kappa shape index (κ2) is 5.16. The Morgan fingerprint density at radius 2 is 2.24 bits per heavy atom. The van der Waals surface area contributed by atoms with Crippen molar-refractivity contribution < 1.29 is 4.52 Å². The minimum absolute atomic E-state index is 0.384. The summed E-state index contributed by atoms with van der Waals surface area (Å²) in [6.45, 7) is 6.39. The lowest BCUT2D eigenvalue weighted by atomic mass is 10.00. The maximum absolute atomic E-state index is 5.94. The van der Waals surface area contributed by atoms with E-state index >= 15 is 0 Å². The highest BCUT2D eigenvalue weighted by Gasteiger charge is 2.16. The standard InChI is InChI=1S/C11H19N5O/c1-8-3-5-16(6-4-8)11(12)13-7-10-14-9(2)17-15-10/h8H,3-7H2,1-2H3,(H2,12,13). The van der Waals surface area contributed by atoms with Gasteiger partial charge in [0.15, 0.2) is 11.8 Å². The summed E-state index contributed by atoms with van der Waals surface area (Å²) in [5, 5.41) is 3.78. The molecule has 2 heterocycles. The van der Waals surface area contributed by atoms with Gasteiger partial charge in [0, 0.05) is 20.0 Å². The molecule has 1 aliphatic rings. The van der Waals surface area contributed by atoms with Gasteiger partial charge in [-0.2, -0.15) is 4.98 Å². The van der Waals surface area contributed by atoms with Gasteiger partial charge < -0.3 is 15.2 Å².